The zero-order valence-electron chi connectivity index (χ0n) is 18.7. The Balaban J connectivity index is 3.05. The van der Waals surface area contributed by atoms with Gasteiger partial charge in [0.25, 0.3) is 0 Å². The summed E-state index contributed by atoms with van der Waals surface area (Å²) in [5.41, 5.74) is 0.0957. The molecule has 1 heterocycles. The molecule has 1 rings (SSSR count). The van der Waals surface area contributed by atoms with E-state index in [0.717, 1.165) is 12.8 Å². The third kappa shape index (κ3) is 8.68. The van der Waals surface area contributed by atoms with E-state index in [9.17, 15) is 0 Å². The van der Waals surface area contributed by atoms with Crippen molar-refractivity contribution in [1.29, 1.82) is 0 Å². The molecular weight excluding hydrogens is 326 g/mol. The van der Waals surface area contributed by atoms with Crippen molar-refractivity contribution in [2.45, 2.75) is 93.2 Å². The molecule has 1 aromatic heterocycles. The molecule has 0 atom stereocenters. The Morgan fingerprint density at radius 3 is 1.27 bits per heavy atom. The third-order valence-electron chi connectivity index (χ3n) is 3.64. The van der Waals surface area contributed by atoms with Crippen LogP contribution in [0.1, 0.15) is 82.1 Å². The number of rotatable bonds is 7. The number of hydrogen-bond acceptors (Lipinski definition) is 6. The molecule has 0 aliphatic rings. The Morgan fingerprint density at radius 2 is 1.00 bits per heavy atom. The van der Waals surface area contributed by atoms with Gasteiger partial charge in [-0.15, -0.1) is 0 Å². The number of nitrogens with one attached hydrogen (secondary N) is 2. The van der Waals surface area contributed by atoms with Crippen molar-refractivity contribution in [3.05, 3.63) is 0 Å². The summed E-state index contributed by atoms with van der Waals surface area (Å²) in [6.45, 7) is 22.0. The molecule has 1 aromatic rings. The molecule has 26 heavy (non-hydrogen) atoms. The lowest BCUT2D eigenvalue weighted by Crippen LogP contribution is -2.37. The fraction of sp³-hybridized carbons (Fsp3) is 0.850. The van der Waals surface area contributed by atoms with E-state index in [1.54, 1.807) is 7.11 Å². The summed E-state index contributed by atoms with van der Waals surface area (Å²) in [7, 11) is 1.57. The highest BCUT2D eigenvalue weighted by atomic mass is 16.5. The number of anilines is 2. The molecule has 0 amide bonds. The minimum absolute atomic E-state index is 0.150. The summed E-state index contributed by atoms with van der Waals surface area (Å²) >= 11 is 0. The number of ether oxygens (including phenoxy) is 1. The molecule has 0 saturated heterocycles. The summed E-state index contributed by atoms with van der Waals surface area (Å²) in [5, 5.41) is 6.88. The van der Waals surface area contributed by atoms with E-state index in [-0.39, 0.29) is 21.9 Å². The quantitative estimate of drug-likeness (QED) is 0.697. The number of methoxy groups -OCH3 is 1. The lowest BCUT2D eigenvalue weighted by Gasteiger charge is -2.34. The molecular formula is C20H39N5O. The zero-order valence-corrected chi connectivity index (χ0v) is 18.7. The van der Waals surface area contributed by atoms with Gasteiger partial charge in [-0.1, -0.05) is 41.5 Å². The summed E-state index contributed by atoms with van der Waals surface area (Å²) in [4.78, 5) is 13.3. The normalized spacial score (nSPS) is 13.5. The van der Waals surface area contributed by atoms with Crippen LogP contribution in [0.15, 0.2) is 0 Å². The monoisotopic (exact) mass is 365 g/mol. The van der Waals surface area contributed by atoms with Gasteiger partial charge in [0.05, 0.1) is 7.11 Å². The lowest BCUT2D eigenvalue weighted by atomic mass is 9.82. The van der Waals surface area contributed by atoms with Gasteiger partial charge in [-0.2, -0.15) is 15.0 Å². The van der Waals surface area contributed by atoms with Crippen molar-refractivity contribution in [2.75, 3.05) is 17.7 Å². The van der Waals surface area contributed by atoms with Gasteiger partial charge in [0.2, 0.25) is 11.9 Å². The number of aromatic nitrogens is 3. The van der Waals surface area contributed by atoms with E-state index >= 15 is 0 Å². The second-order valence-corrected chi connectivity index (χ2v) is 11.0. The van der Waals surface area contributed by atoms with Crippen LogP contribution in [0.5, 0.6) is 6.01 Å². The van der Waals surface area contributed by atoms with Gasteiger partial charge in [-0.3, -0.25) is 0 Å². The van der Waals surface area contributed by atoms with Crippen molar-refractivity contribution in [3.8, 4) is 6.01 Å². The first kappa shape index (κ1) is 22.5. The zero-order chi connectivity index (χ0) is 20.4. The molecule has 0 spiro atoms. The molecule has 0 radical (unpaired) electrons. The second kappa shape index (κ2) is 7.57. The highest BCUT2D eigenvalue weighted by Gasteiger charge is 2.28. The van der Waals surface area contributed by atoms with E-state index < -0.39 is 0 Å². The SMILES string of the molecule is COc1nc(NC(C)(C)CC(C)(C)C)nc(NC(C)(C)CC(C)(C)C)n1. The molecule has 0 aromatic carbocycles. The molecule has 2 N–H and O–H groups in total. The summed E-state index contributed by atoms with van der Waals surface area (Å²) in [5.74, 6) is 1.06. The van der Waals surface area contributed by atoms with E-state index in [1.807, 2.05) is 0 Å². The van der Waals surface area contributed by atoms with Crippen LogP contribution < -0.4 is 15.4 Å². The van der Waals surface area contributed by atoms with Gasteiger partial charge in [0.15, 0.2) is 0 Å². The van der Waals surface area contributed by atoms with Gasteiger partial charge < -0.3 is 15.4 Å². The fourth-order valence-electron chi connectivity index (χ4n) is 3.90. The first-order valence-electron chi connectivity index (χ1n) is 9.37. The van der Waals surface area contributed by atoms with Crippen molar-refractivity contribution in [2.24, 2.45) is 10.8 Å². The first-order valence-corrected chi connectivity index (χ1v) is 9.37. The number of hydrogen-bond donors (Lipinski definition) is 2. The van der Waals surface area contributed by atoms with Gasteiger partial charge in [0.1, 0.15) is 0 Å². The Labute approximate surface area is 160 Å². The third-order valence-corrected chi connectivity index (χ3v) is 3.64. The van der Waals surface area contributed by atoms with Crippen LogP contribution in [0, 0.1) is 10.8 Å². The maximum absolute atomic E-state index is 5.28. The molecule has 0 fully saturated rings. The predicted molar refractivity (Wildman–Crippen MR) is 110 cm³/mol. The molecule has 6 heteroatoms. The molecule has 0 aliphatic carbocycles. The topological polar surface area (TPSA) is 72.0 Å². The molecule has 6 nitrogen and oxygen atoms in total. The highest BCUT2D eigenvalue weighted by molar-refractivity contribution is 5.39. The van der Waals surface area contributed by atoms with E-state index in [2.05, 4.69) is 94.8 Å². The van der Waals surface area contributed by atoms with Gasteiger partial charge in [-0.25, -0.2) is 0 Å². The maximum Gasteiger partial charge on any atom is 0.322 e. The second-order valence-electron chi connectivity index (χ2n) is 11.0. The van der Waals surface area contributed by atoms with Crippen LogP contribution in [0.3, 0.4) is 0 Å². The van der Waals surface area contributed by atoms with E-state index in [4.69, 9.17) is 4.74 Å². The van der Waals surface area contributed by atoms with Crippen LogP contribution in [0.25, 0.3) is 0 Å². The minimum Gasteiger partial charge on any atom is -0.467 e. The lowest BCUT2D eigenvalue weighted by molar-refractivity contribution is 0.300. The van der Waals surface area contributed by atoms with Gasteiger partial charge in [0, 0.05) is 11.1 Å². The smallest absolute Gasteiger partial charge is 0.322 e. The average molecular weight is 366 g/mol. The summed E-state index contributed by atoms with van der Waals surface area (Å²) < 4.78 is 5.28. The van der Waals surface area contributed by atoms with Crippen molar-refractivity contribution < 1.29 is 4.74 Å². The Bertz CT molecular complexity index is 549. The van der Waals surface area contributed by atoms with E-state index in [1.165, 1.54) is 0 Å². The molecule has 0 aliphatic heterocycles. The molecule has 0 bridgehead atoms. The van der Waals surface area contributed by atoms with Gasteiger partial charge >= 0.3 is 6.01 Å². The Kier molecular flexibility index (Phi) is 6.54. The average Bonchev–Trinajstić information content (AvgIpc) is 2.30. The van der Waals surface area contributed by atoms with Crippen LogP contribution in [-0.4, -0.2) is 33.1 Å². The van der Waals surface area contributed by atoms with Crippen molar-refractivity contribution in [3.63, 3.8) is 0 Å². The molecule has 0 unspecified atom stereocenters. The highest BCUT2D eigenvalue weighted by Crippen LogP contribution is 2.31. The predicted octanol–water partition coefficient (Wildman–Crippen LogP) is 5.13. The minimum atomic E-state index is -0.150. The fourth-order valence-corrected chi connectivity index (χ4v) is 3.90. The van der Waals surface area contributed by atoms with Crippen LogP contribution in [0.2, 0.25) is 0 Å². The van der Waals surface area contributed by atoms with Crippen LogP contribution in [0.4, 0.5) is 11.9 Å². The number of nitrogens with zero attached hydrogens (tertiary/aromatic N) is 3. The molecule has 150 valence electrons. The van der Waals surface area contributed by atoms with E-state index in [0.29, 0.717) is 17.9 Å². The van der Waals surface area contributed by atoms with Crippen LogP contribution >= 0.6 is 0 Å². The summed E-state index contributed by atoms with van der Waals surface area (Å²) in [6.07, 6.45) is 1.96. The standard InChI is InChI=1S/C20H39N5O/c1-17(2,3)12-19(7,8)24-14-21-15(23-16(22-14)26-11)25-20(9,10)13-18(4,5)6/h12-13H2,1-11H3,(H2,21,22,23,24,25). The summed E-state index contributed by atoms with van der Waals surface area (Å²) in [6, 6.07) is 0.308. The Hall–Kier alpha value is -1.59. The Morgan fingerprint density at radius 1 is 0.654 bits per heavy atom. The largest absolute Gasteiger partial charge is 0.467 e. The molecule has 0 saturated carbocycles. The van der Waals surface area contributed by atoms with Crippen molar-refractivity contribution >= 4 is 11.9 Å². The van der Waals surface area contributed by atoms with Crippen LogP contribution in [-0.2, 0) is 0 Å². The first-order chi connectivity index (χ1) is 11.5. The maximum atomic E-state index is 5.28. The van der Waals surface area contributed by atoms with Gasteiger partial charge in [-0.05, 0) is 51.4 Å². The van der Waals surface area contributed by atoms with Crippen molar-refractivity contribution in [1.82, 2.24) is 15.0 Å².